The third kappa shape index (κ3) is 2.87. The van der Waals surface area contributed by atoms with Gasteiger partial charge in [0.2, 0.25) is 5.91 Å². The molecule has 1 aromatic rings. The molecule has 0 radical (unpaired) electrons. The molecular weight excluding hydrogens is 380 g/mol. The van der Waals surface area contributed by atoms with Crippen molar-refractivity contribution < 1.29 is 23.3 Å². The number of hydrogen-bond donors (Lipinski definition) is 0. The quantitative estimate of drug-likeness (QED) is 0.571. The average molecular weight is 404 g/mol. The van der Waals surface area contributed by atoms with Crippen molar-refractivity contribution in [2.75, 3.05) is 11.5 Å². The molecule has 3 rings (SSSR count). The summed E-state index contributed by atoms with van der Waals surface area (Å²) >= 11 is 0. The number of rotatable bonds is 3. The van der Waals surface area contributed by atoms with Crippen LogP contribution in [0, 0.1) is 0 Å². The van der Waals surface area contributed by atoms with E-state index in [1.807, 2.05) is 0 Å². The summed E-state index contributed by atoms with van der Waals surface area (Å²) < 4.78 is 19.2. The lowest BCUT2D eigenvalue weighted by atomic mass is 9.79. The van der Waals surface area contributed by atoms with Gasteiger partial charge in [0.15, 0.2) is 5.54 Å². The summed E-state index contributed by atoms with van der Waals surface area (Å²) in [7, 11) is -1.63. The zero-order valence-electron chi connectivity index (χ0n) is 16.6. The zero-order valence-corrected chi connectivity index (χ0v) is 17.5. The van der Waals surface area contributed by atoms with Crippen molar-refractivity contribution in [3.8, 4) is 0 Å². The van der Waals surface area contributed by atoms with Gasteiger partial charge in [-0.3, -0.25) is 13.9 Å². The lowest BCUT2D eigenvalue weighted by Gasteiger charge is -2.52. The molecule has 150 valence electrons. The monoisotopic (exact) mass is 404 g/mol. The van der Waals surface area contributed by atoms with Crippen LogP contribution in [-0.2, 0) is 35.6 Å². The first-order valence-corrected chi connectivity index (χ1v) is 10.2. The Bertz CT molecular complexity index is 917. The molecule has 2 amide bonds. The van der Waals surface area contributed by atoms with Crippen LogP contribution in [0.5, 0.6) is 0 Å². The van der Waals surface area contributed by atoms with Crippen LogP contribution in [0.3, 0.4) is 0 Å². The molecule has 1 unspecified atom stereocenters. The maximum absolute atomic E-state index is 13.4. The van der Waals surface area contributed by atoms with Crippen molar-refractivity contribution in [3.05, 3.63) is 41.6 Å². The first kappa shape index (κ1) is 20.3. The highest BCUT2D eigenvalue weighted by Crippen LogP contribution is 2.57. The molecule has 0 saturated carbocycles. The molecule has 7 nitrogen and oxygen atoms in total. The number of carbonyl (C=O) groups excluding carboxylic acids is 3. The Morgan fingerprint density at radius 1 is 1.29 bits per heavy atom. The molecule has 1 spiro atoms. The fourth-order valence-electron chi connectivity index (χ4n) is 3.62. The van der Waals surface area contributed by atoms with E-state index in [2.05, 4.69) is 0 Å². The van der Waals surface area contributed by atoms with Crippen LogP contribution in [-0.4, -0.2) is 37.7 Å². The van der Waals surface area contributed by atoms with E-state index in [-0.39, 0.29) is 13.0 Å². The van der Waals surface area contributed by atoms with E-state index in [1.165, 1.54) is 17.3 Å². The van der Waals surface area contributed by atoms with Gasteiger partial charge in [0.1, 0.15) is 11.0 Å². The molecule has 0 aliphatic carbocycles. The Balaban J connectivity index is 2.17. The van der Waals surface area contributed by atoms with Crippen molar-refractivity contribution in [2.45, 2.75) is 51.3 Å². The molecule has 2 aliphatic rings. The highest BCUT2D eigenvalue weighted by molar-refractivity contribution is 7.84. The minimum absolute atomic E-state index is 0.174. The van der Waals surface area contributed by atoms with E-state index in [1.54, 1.807) is 52.0 Å². The Hall–Kier alpha value is -2.48. The summed E-state index contributed by atoms with van der Waals surface area (Å²) in [4.78, 5) is 38.7. The summed E-state index contributed by atoms with van der Waals surface area (Å²) in [5.41, 5.74) is 0.304. The number of carbonyl (C=O) groups is 3. The molecule has 0 aromatic heterocycles. The van der Waals surface area contributed by atoms with Crippen LogP contribution in [0.15, 0.2) is 36.0 Å². The van der Waals surface area contributed by atoms with Crippen molar-refractivity contribution >= 4 is 34.5 Å². The van der Waals surface area contributed by atoms with Crippen LogP contribution in [0.25, 0.3) is 0 Å². The van der Waals surface area contributed by atoms with Gasteiger partial charge < -0.3 is 4.74 Å². The molecule has 1 saturated heterocycles. The number of hydrogen-bond acceptors (Lipinski definition) is 5. The third-order valence-corrected chi connectivity index (χ3v) is 6.69. The van der Waals surface area contributed by atoms with Gasteiger partial charge in [0.25, 0.3) is 5.91 Å². The molecule has 0 N–H and O–H groups in total. The molecular formula is C20H24N2O5S. The second-order valence-electron chi connectivity index (χ2n) is 7.76. The largest absolute Gasteiger partial charge is 0.463 e. The predicted molar refractivity (Wildman–Crippen MR) is 105 cm³/mol. The number of ether oxygens (including phenoxy) is 1. The molecule has 1 fully saturated rings. The van der Waals surface area contributed by atoms with Gasteiger partial charge in [-0.05, 0) is 33.8 Å². The number of anilines is 1. The van der Waals surface area contributed by atoms with Crippen molar-refractivity contribution in [3.63, 3.8) is 0 Å². The van der Waals surface area contributed by atoms with Gasteiger partial charge >= 0.3 is 5.97 Å². The first-order chi connectivity index (χ1) is 13.1. The molecule has 1 aromatic carbocycles. The maximum Gasteiger partial charge on any atom is 0.332 e. The number of fused-ring (bicyclic) bond motifs is 2. The molecule has 8 heteroatoms. The molecule has 2 atom stereocenters. The number of esters is 1. The summed E-state index contributed by atoms with van der Waals surface area (Å²) in [6.07, 6.45) is 1.46. The van der Waals surface area contributed by atoms with E-state index in [0.29, 0.717) is 16.9 Å². The second kappa shape index (κ2) is 6.84. The van der Waals surface area contributed by atoms with Crippen LogP contribution in [0.1, 0.15) is 46.6 Å². The summed E-state index contributed by atoms with van der Waals surface area (Å²) in [5.74, 6) is -1.40. The average Bonchev–Trinajstić information content (AvgIpc) is 2.84. The van der Waals surface area contributed by atoms with E-state index in [9.17, 15) is 18.6 Å². The Kier molecular flexibility index (Phi) is 4.95. The standard InChI is InChI=1S/C20H24N2O5S/c1-6-27-17(24)11-14-12-20(22(14)28(26)19(3,4)5)15-9-7-8-10-16(15)21(13(2)23)18(20)25/h7-11H,6,12H2,1-5H3/b14-11+/t20-,28?/m0/s1. The SMILES string of the molecule is CCOC(=O)/C=C1\C[C@]2(C(=O)N(C(C)=O)c3ccccc32)N1S(=O)C(C)(C)C. The van der Waals surface area contributed by atoms with Crippen molar-refractivity contribution in [1.82, 2.24) is 4.31 Å². The second-order valence-corrected chi connectivity index (χ2v) is 9.85. The number of para-hydroxylation sites is 1. The topological polar surface area (TPSA) is 84.0 Å². The first-order valence-electron chi connectivity index (χ1n) is 9.10. The summed E-state index contributed by atoms with van der Waals surface area (Å²) in [5, 5.41) is 0. The van der Waals surface area contributed by atoms with Gasteiger partial charge in [0, 0.05) is 30.7 Å². The van der Waals surface area contributed by atoms with Gasteiger partial charge in [-0.1, -0.05) is 18.2 Å². The Morgan fingerprint density at radius 3 is 2.50 bits per heavy atom. The number of imide groups is 1. The maximum atomic E-state index is 13.4. The van der Waals surface area contributed by atoms with Crippen LogP contribution in [0.2, 0.25) is 0 Å². The number of amides is 2. The highest BCUT2D eigenvalue weighted by Gasteiger charge is 2.65. The molecule has 28 heavy (non-hydrogen) atoms. The molecule has 2 heterocycles. The fourth-order valence-corrected chi connectivity index (χ4v) is 5.02. The summed E-state index contributed by atoms with van der Waals surface area (Å²) in [6.45, 7) is 8.63. The van der Waals surface area contributed by atoms with Crippen LogP contribution in [0.4, 0.5) is 5.69 Å². The Labute approximate surface area is 166 Å². The van der Waals surface area contributed by atoms with E-state index in [0.717, 1.165) is 4.90 Å². The van der Waals surface area contributed by atoms with Crippen LogP contribution < -0.4 is 4.90 Å². The molecule has 2 aliphatic heterocycles. The van der Waals surface area contributed by atoms with Crippen LogP contribution >= 0.6 is 0 Å². The fraction of sp³-hybridized carbons (Fsp3) is 0.450. The van der Waals surface area contributed by atoms with E-state index >= 15 is 0 Å². The smallest absolute Gasteiger partial charge is 0.332 e. The third-order valence-electron chi connectivity index (χ3n) is 4.77. The highest BCUT2D eigenvalue weighted by atomic mass is 32.2. The predicted octanol–water partition coefficient (Wildman–Crippen LogP) is 2.39. The Morgan fingerprint density at radius 2 is 1.93 bits per heavy atom. The van der Waals surface area contributed by atoms with Gasteiger partial charge in [-0.2, -0.15) is 0 Å². The number of nitrogens with zero attached hydrogens (tertiary/aromatic N) is 2. The minimum Gasteiger partial charge on any atom is -0.463 e. The zero-order chi connectivity index (χ0) is 20.9. The van der Waals surface area contributed by atoms with Crippen molar-refractivity contribution in [1.29, 1.82) is 0 Å². The van der Waals surface area contributed by atoms with E-state index in [4.69, 9.17) is 4.74 Å². The van der Waals surface area contributed by atoms with Crippen molar-refractivity contribution in [2.24, 2.45) is 0 Å². The lowest BCUT2D eigenvalue weighted by molar-refractivity contribution is -0.138. The number of benzene rings is 1. The normalized spacial score (nSPS) is 23.6. The summed E-state index contributed by atoms with van der Waals surface area (Å²) in [6, 6.07) is 7.00. The minimum atomic E-state index is -1.63. The lowest BCUT2D eigenvalue weighted by Crippen LogP contribution is -2.63. The molecule has 0 bridgehead atoms. The van der Waals surface area contributed by atoms with Gasteiger partial charge in [-0.25, -0.2) is 13.9 Å². The van der Waals surface area contributed by atoms with Gasteiger partial charge in [0.05, 0.1) is 17.0 Å². The van der Waals surface area contributed by atoms with Gasteiger partial charge in [-0.15, -0.1) is 0 Å². The van der Waals surface area contributed by atoms with E-state index < -0.39 is 39.1 Å².